The van der Waals surface area contributed by atoms with Crippen molar-refractivity contribution in [2.24, 2.45) is 5.92 Å². The molecule has 0 bridgehead atoms. The molecule has 5 nitrogen and oxygen atoms in total. The average Bonchev–Trinajstić information content (AvgIpc) is 3.38. The van der Waals surface area contributed by atoms with E-state index in [0.717, 1.165) is 24.4 Å². The molecule has 0 aliphatic heterocycles. The van der Waals surface area contributed by atoms with Gasteiger partial charge in [-0.25, -0.2) is 14.8 Å². The lowest BCUT2D eigenvalue weighted by Crippen LogP contribution is -2.16. The summed E-state index contributed by atoms with van der Waals surface area (Å²) < 4.78 is 10.9. The Morgan fingerprint density at radius 1 is 1.29 bits per heavy atom. The fraction of sp³-hybridized carbons (Fsp3) is 0.688. The molecule has 1 heterocycles. The highest BCUT2D eigenvalue weighted by atomic mass is 16.5. The number of nitrogens with zero attached hydrogens (tertiary/aromatic N) is 2. The highest BCUT2D eigenvalue weighted by molar-refractivity contribution is 5.90. The fourth-order valence-electron chi connectivity index (χ4n) is 2.58. The van der Waals surface area contributed by atoms with Gasteiger partial charge >= 0.3 is 5.97 Å². The van der Waals surface area contributed by atoms with Gasteiger partial charge < -0.3 is 9.47 Å². The van der Waals surface area contributed by atoms with Gasteiger partial charge in [-0.1, -0.05) is 0 Å². The largest absolute Gasteiger partial charge is 0.462 e. The Morgan fingerprint density at radius 2 is 2.05 bits per heavy atom. The van der Waals surface area contributed by atoms with Gasteiger partial charge in [0.15, 0.2) is 5.82 Å². The molecule has 0 radical (unpaired) electrons. The van der Waals surface area contributed by atoms with Crippen LogP contribution in [0.4, 0.5) is 0 Å². The summed E-state index contributed by atoms with van der Waals surface area (Å²) in [6, 6.07) is 0. The van der Waals surface area contributed by atoms with E-state index in [4.69, 9.17) is 9.47 Å². The second kappa shape index (κ2) is 6.10. The van der Waals surface area contributed by atoms with E-state index in [1.807, 2.05) is 13.8 Å². The van der Waals surface area contributed by atoms with Gasteiger partial charge in [-0.2, -0.15) is 0 Å². The molecular weight excluding hydrogens is 268 g/mol. The summed E-state index contributed by atoms with van der Waals surface area (Å²) in [5, 5.41) is 0. The molecule has 2 fully saturated rings. The molecule has 1 aromatic heterocycles. The molecule has 5 heteroatoms. The highest BCUT2D eigenvalue weighted by Crippen LogP contribution is 2.44. The van der Waals surface area contributed by atoms with Crippen LogP contribution in [0.15, 0.2) is 6.20 Å². The topological polar surface area (TPSA) is 61.3 Å². The van der Waals surface area contributed by atoms with Crippen molar-refractivity contribution >= 4 is 5.97 Å². The smallest absolute Gasteiger partial charge is 0.341 e. The van der Waals surface area contributed by atoms with Crippen molar-refractivity contribution in [3.8, 4) is 0 Å². The molecule has 1 aromatic rings. The second-order valence-corrected chi connectivity index (χ2v) is 5.74. The number of esters is 1. The lowest BCUT2D eigenvalue weighted by Gasteiger charge is -2.16. The number of carbonyl (C=O) groups is 1. The number of ether oxygens (including phenoxy) is 2. The number of hydrogen-bond donors (Lipinski definition) is 0. The zero-order chi connectivity index (χ0) is 14.8. The predicted molar refractivity (Wildman–Crippen MR) is 77.1 cm³/mol. The summed E-state index contributed by atoms with van der Waals surface area (Å²) in [6.07, 6.45) is 6.13. The van der Waals surface area contributed by atoms with Crippen LogP contribution in [0.25, 0.3) is 0 Å². The van der Waals surface area contributed by atoms with Crippen LogP contribution in [0.5, 0.6) is 0 Å². The van der Waals surface area contributed by atoms with Crippen LogP contribution >= 0.6 is 0 Å². The van der Waals surface area contributed by atoms with E-state index in [2.05, 4.69) is 9.97 Å². The summed E-state index contributed by atoms with van der Waals surface area (Å²) in [6.45, 7) is 4.82. The van der Waals surface area contributed by atoms with Crippen LogP contribution < -0.4 is 0 Å². The first-order chi connectivity index (χ1) is 10.2. The third-order valence-corrected chi connectivity index (χ3v) is 3.95. The normalized spacial score (nSPS) is 19.3. The molecular formula is C16H22N2O3. The maximum atomic E-state index is 12.0. The SMILES string of the molecule is CCOC(=O)c1cnc(C(OCC)C2CC2)nc1C1CC1. The highest BCUT2D eigenvalue weighted by Gasteiger charge is 2.37. The maximum absolute atomic E-state index is 12.0. The van der Waals surface area contributed by atoms with Crippen molar-refractivity contribution in [2.45, 2.75) is 51.6 Å². The Kier molecular flexibility index (Phi) is 4.19. The Balaban J connectivity index is 1.89. The summed E-state index contributed by atoms with van der Waals surface area (Å²) in [5.74, 6) is 1.33. The van der Waals surface area contributed by atoms with E-state index in [9.17, 15) is 4.79 Å². The molecule has 0 saturated heterocycles. The van der Waals surface area contributed by atoms with Crippen molar-refractivity contribution < 1.29 is 14.3 Å². The first-order valence-corrected chi connectivity index (χ1v) is 7.90. The monoisotopic (exact) mass is 290 g/mol. The lowest BCUT2D eigenvalue weighted by molar-refractivity contribution is 0.0394. The molecule has 0 N–H and O–H groups in total. The molecule has 0 amide bonds. The van der Waals surface area contributed by atoms with Gasteiger partial charge in [0.1, 0.15) is 6.10 Å². The predicted octanol–water partition coefficient (Wildman–Crippen LogP) is 3.02. The number of carbonyl (C=O) groups excluding carboxylic acids is 1. The van der Waals surface area contributed by atoms with Crippen molar-refractivity contribution in [3.63, 3.8) is 0 Å². The quantitative estimate of drug-likeness (QED) is 0.722. The molecule has 3 rings (SSSR count). The van der Waals surface area contributed by atoms with Crippen molar-refractivity contribution in [3.05, 3.63) is 23.3 Å². The van der Waals surface area contributed by atoms with E-state index in [0.29, 0.717) is 30.6 Å². The van der Waals surface area contributed by atoms with E-state index in [1.165, 1.54) is 12.8 Å². The van der Waals surface area contributed by atoms with E-state index in [1.54, 1.807) is 6.20 Å². The van der Waals surface area contributed by atoms with Crippen molar-refractivity contribution in [1.29, 1.82) is 0 Å². The third-order valence-electron chi connectivity index (χ3n) is 3.95. The van der Waals surface area contributed by atoms with Gasteiger partial charge in [0, 0.05) is 18.7 Å². The molecule has 114 valence electrons. The second-order valence-electron chi connectivity index (χ2n) is 5.74. The molecule has 0 aromatic carbocycles. The Bertz CT molecular complexity index is 524. The fourth-order valence-corrected chi connectivity index (χ4v) is 2.58. The van der Waals surface area contributed by atoms with Gasteiger partial charge in [0.25, 0.3) is 0 Å². The van der Waals surface area contributed by atoms with Gasteiger partial charge in [-0.05, 0) is 45.4 Å². The van der Waals surface area contributed by atoms with Crippen LogP contribution in [0.3, 0.4) is 0 Å². The average molecular weight is 290 g/mol. The summed E-state index contributed by atoms with van der Waals surface area (Å²) in [4.78, 5) is 21.1. The summed E-state index contributed by atoms with van der Waals surface area (Å²) in [7, 11) is 0. The van der Waals surface area contributed by atoms with Crippen molar-refractivity contribution in [2.75, 3.05) is 13.2 Å². The Labute approximate surface area is 125 Å². The molecule has 2 aliphatic carbocycles. The van der Waals surface area contributed by atoms with Gasteiger partial charge in [-0.15, -0.1) is 0 Å². The Hall–Kier alpha value is -1.49. The first kappa shape index (κ1) is 14.4. The van der Waals surface area contributed by atoms with E-state index in [-0.39, 0.29) is 12.1 Å². The maximum Gasteiger partial charge on any atom is 0.341 e. The zero-order valence-electron chi connectivity index (χ0n) is 12.7. The van der Waals surface area contributed by atoms with Crippen LogP contribution in [-0.2, 0) is 9.47 Å². The standard InChI is InChI=1S/C16H22N2O3/c1-3-20-14(11-7-8-11)15-17-9-12(16(19)21-4-2)13(18-15)10-5-6-10/h9-11,14H,3-8H2,1-2H3. The molecule has 2 aliphatic rings. The van der Waals surface area contributed by atoms with Gasteiger partial charge in [0.2, 0.25) is 0 Å². The van der Waals surface area contributed by atoms with Crippen molar-refractivity contribution in [1.82, 2.24) is 9.97 Å². The van der Waals surface area contributed by atoms with Crippen LogP contribution in [0.2, 0.25) is 0 Å². The van der Waals surface area contributed by atoms with Crippen LogP contribution in [0, 0.1) is 5.92 Å². The molecule has 2 saturated carbocycles. The van der Waals surface area contributed by atoms with Gasteiger partial charge in [-0.3, -0.25) is 0 Å². The molecule has 1 atom stereocenters. The van der Waals surface area contributed by atoms with Crippen LogP contribution in [-0.4, -0.2) is 29.2 Å². The lowest BCUT2D eigenvalue weighted by atomic mass is 10.1. The number of rotatable bonds is 7. The van der Waals surface area contributed by atoms with E-state index >= 15 is 0 Å². The Morgan fingerprint density at radius 3 is 2.62 bits per heavy atom. The minimum atomic E-state index is -0.315. The minimum Gasteiger partial charge on any atom is -0.462 e. The molecule has 0 spiro atoms. The van der Waals surface area contributed by atoms with Gasteiger partial charge in [0.05, 0.1) is 17.9 Å². The summed E-state index contributed by atoms with van der Waals surface area (Å²) >= 11 is 0. The minimum absolute atomic E-state index is 0.0243. The third kappa shape index (κ3) is 3.23. The van der Waals surface area contributed by atoms with Crippen LogP contribution in [0.1, 0.15) is 73.4 Å². The number of aromatic nitrogens is 2. The summed E-state index contributed by atoms with van der Waals surface area (Å²) in [5.41, 5.74) is 1.37. The molecule has 21 heavy (non-hydrogen) atoms. The first-order valence-electron chi connectivity index (χ1n) is 7.90. The molecule has 1 unspecified atom stereocenters. The number of hydrogen-bond acceptors (Lipinski definition) is 5. The zero-order valence-corrected chi connectivity index (χ0v) is 12.7. The van der Waals surface area contributed by atoms with E-state index < -0.39 is 0 Å².